The normalized spacial score (nSPS) is 14.0. The van der Waals surface area contributed by atoms with E-state index in [4.69, 9.17) is 32.7 Å². The summed E-state index contributed by atoms with van der Waals surface area (Å²) in [6.45, 7) is 6.50. The Morgan fingerprint density at radius 3 is 1.86 bits per heavy atom. The molecule has 0 aliphatic rings. The minimum atomic E-state index is -0.751. The molecule has 0 aliphatic heterocycles. The van der Waals surface area contributed by atoms with Crippen molar-refractivity contribution in [3.8, 4) is 5.75 Å². The zero-order valence-corrected chi connectivity index (χ0v) is 22.3. The Hall–Kier alpha value is -2.12. The Morgan fingerprint density at radius 2 is 1.36 bits per heavy atom. The first-order valence-corrected chi connectivity index (χ1v) is 13.0. The Bertz CT molecular complexity index is 1010. The van der Waals surface area contributed by atoms with E-state index in [1.807, 2.05) is 55.5 Å². The van der Waals surface area contributed by atoms with Gasteiger partial charge in [0.1, 0.15) is 12.4 Å². The van der Waals surface area contributed by atoms with Crippen LogP contribution in [0.15, 0.2) is 72.8 Å². The van der Waals surface area contributed by atoms with Gasteiger partial charge in [0.25, 0.3) is 0 Å². The molecule has 0 aromatic heterocycles. The van der Waals surface area contributed by atoms with E-state index >= 15 is 0 Å². The minimum absolute atomic E-state index is 0.0393. The van der Waals surface area contributed by atoms with Gasteiger partial charge in [0, 0.05) is 35.8 Å². The standard InChI is InChI=1S/C29H35Cl2NO4/c1-3-35-14-15-36-27-12-10-22(11-13-27)16-21(2)32(19-28(33)23-6-4-8-25(30)17-23)20-29(34)24-7-5-9-26(31)18-24/h4-13,17-18,21,28-29,33-34H,3,14-16,19-20H2,1-2H3/t21-,28-,29-/m1/s1. The number of ether oxygens (including phenoxy) is 2. The summed E-state index contributed by atoms with van der Waals surface area (Å²) in [5.41, 5.74) is 2.62. The maximum Gasteiger partial charge on any atom is 0.119 e. The number of nitrogens with zero attached hydrogens (tertiary/aromatic N) is 1. The summed E-state index contributed by atoms with van der Waals surface area (Å²) in [5, 5.41) is 23.1. The predicted molar refractivity (Wildman–Crippen MR) is 146 cm³/mol. The van der Waals surface area contributed by atoms with Gasteiger partial charge in [-0.25, -0.2) is 0 Å². The molecule has 0 amide bonds. The van der Waals surface area contributed by atoms with Crippen LogP contribution in [0.25, 0.3) is 0 Å². The van der Waals surface area contributed by atoms with E-state index in [2.05, 4.69) is 11.8 Å². The third kappa shape index (κ3) is 9.07. The molecule has 0 fully saturated rings. The lowest BCUT2D eigenvalue weighted by molar-refractivity contribution is 0.0480. The molecule has 0 saturated carbocycles. The number of rotatable bonds is 14. The lowest BCUT2D eigenvalue weighted by Gasteiger charge is -2.33. The molecular weight excluding hydrogens is 497 g/mol. The average Bonchev–Trinajstić information content (AvgIpc) is 2.87. The Morgan fingerprint density at radius 1 is 0.806 bits per heavy atom. The van der Waals surface area contributed by atoms with Gasteiger partial charge in [0.15, 0.2) is 0 Å². The van der Waals surface area contributed by atoms with Crippen LogP contribution in [0.5, 0.6) is 5.75 Å². The molecule has 0 aliphatic carbocycles. The Labute approximate surface area is 224 Å². The smallest absolute Gasteiger partial charge is 0.119 e. The zero-order valence-electron chi connectivity index (χ0n) is 20.8. The van der Waals surface area contributed by atoms with Crippen LogP contribution in [0.1, 0.15) is 42.7 Å². The summed E-state index contributed by atoms with van der Waals surface area (Å²) < 4.78 is 11.0. The van der Waals surface area contributed by atoms with Crippen molar-refractivity contribution in [1.82, 2.24) is 4.90 Å². The van der Waals surface area contributed by atoms with E-state index in [1.54, 1.807) is 24.3 Å². The summed E-state index contributed by atoms with van der Waals surface area (Å²) in [4.78, 5) is 2.10. The van der Waals surface area contributed by atoms with E-state index in [0.717, 1.165) is 28.9 Å². The molecule has 0 unspecified atom stereocenters. The van der Waals surface area contributed by atoms with Gasteiger partial charge in [0.2, 0.25) is 0 Å². The van der Waals surface area contributed by atoms with Crippen molar-refractivity contribution in [3.05, 3.63) is 99.5 Å². The van der Waals surface area contributed by atoms with Gasteiger partial charge in [-0.15, -0.1) is 0 Å². The topological polar surface area (TPSA) is 62.2 Å². The molecule has 0 spiro atoms. The van der Waals surface area contributed by atoms with Crippen LogP contribution in [-0.2, 0) is 11.2 Å². The molecule has 2 N–H and O–H groups in total. The number of benzene rings is 3. The fourth-order valence-corrected chi connectivity index (χ4v) is 4.47. The summed E-state index contributed by atoms with van der Waals surface area (Å²) in [6, 6.07) is 22.5. The third-order valence-electron chi connectivity index (χ3n) is 6.06. The lowest BCUT2D eigenvalue weighted by atomic mass is 10.0. The summed E-state index contributed by atoms with van der Waals surface area (Å²) in [6.07, 6.45) is -0.762. The highest BCUT2D eigenvalue weighted by atomic mass is 35.5. The molecule has 0 bridgehead atoms. The summed E-state index contributed by atoms with van der Waals surface area (Å²) in [7, 11) is 0. The molecule has 36 heavy (non-hydrogen) atoms. The molecule has 0 radical (unpaired) electrons. The molecule has 3 rings (SSSR count). The van der Waals surface area contributed by atoms with Crippen molar-refractivity contribution in [2.75, 3.05) is 32.9 Å². The van der Waals surface area contributed by atoms with Crippen molar-refractivity contribution < 1.29 is 19.7 Å². The van der Waals surface area contributed by atoms with Crippen LogP contribution in [0.4, 0.5) is 0 Å². The molecule has 5 nitrogen and oxygen atoms in total. The second kappa shape index (κ2) is 14.6. The van der Waals surface area contributed by atoms with E-state index < -0.39 is 12.2 Å². The van der Waals surface area contributed by atoms with Crippen LogP contribution in [0.2, 0.25) is 10.0 Å². The number of aliphatic hydroxyl groups excluding tert-OH is 2. The van der Waals surface area contributed by atoms with E-state index in [-0.39, 0.29) is 6.04 Å². The van der Waals surface area contributed by atoms with Crippen molar-refractivity contribution >= 4 is 23.2 Å². The van der Waals surface area contributed by atoms with Crippen molar-refractivity contribution in [2.45, 2.75) is 38.5 Å². The highest BCUT2D eigenvalue weighted by Gasteiger charge is 2.23. The fraction of sp³-hybridized carbons (Fsp3) is 0.379. The Kier molecular flexibility index (Phi) is 11.5. The Balaban J connectivity index is 1.70. The third-order valence-corrected chi connectivity index (χ3v) is 6.53. The van der Waals surface area contributed by atoms with Crippen LogP contribution in [-0.4, -0.2) is 54.1 Å². The highest BCUT2D eigenvalue weighted by Crippen LogP contribution is 2.24. The first-order chi connectivity index (χ1) is 17.4. The van der Waals surface area contributed by atoms with Crippen LogP contribution in [0, 0.1) is 0 Å². The van der Waals surface area contributed by atoms with Crippen molar-refractivity contribution in [3.63, 3.8) is 0 Å². The van der Waals surface area contributed by atoms with Gasteiger partial charge in [0.05, 0.1) is 18.8 Å². The zero-order chi connectivity index (χ0) is 25.9. The first-order valence-electron chi connectivity index (χ1n) is 12.3. The molecule has 0 saturated heterocycles. The molecule has 7 heteroatoms. The number of halogens is 2. The monoisotopic (exact) mass is 531 g/mol. The fourth-order valence-electron chi connectivity index (χ4n) is 4.07. The van der Waals surface area contributed by atoms with E-state index in [9.17, 15) is 10.2 Å². The minimum Gasteiger partial charge on any atom is -0.491 e. The molecular formula is C29H35Cl2NO4. The molecule has 3 aromatic rings. The highest BCUT2D eigenvalue weighted by molar-refractivity contribution is 6.30. The average molecular weight is 533 g/mol. The SMILES string of the molecule is CCOCCOc1ccc(C[C@@H](C)N(C[C@@H](O)c2cccc(Cl)c2)C[C@@H](O)c2cccc(Cl)c2)cc1. The predicted octanol–water partition coefficient (Wildman–Crippen LogP) is 6.11. The van der Waals surface area contributed by atoms with Gasteiger partial charge in [-0.1, -0.05) is 59.6 Å². The van der Waals surface area contributed by atoms with Gasteiger partial charge in [-0.3, -0.25) is 4.90 Å². The molecule has 3 aromatic carbocycles. The summed E-state index contributed by atoms with van der Waals surface area (Å²) in [5.74, 6) is 0.802. The molecule has 0 heterocycles. The van der Waals surface area contributed by atoms with Crippen LogP contribution >= 0.6 is 23.2 Å². The van der Waals surface area contributed by atoms with Crippen molar-refractivity contribution in [2.24, 2.45) is 0 Å². The summed E-state index contributed by atoms with van der Waals surface area (Å²) >= 11 is 12.3. The van der Waals surface area contributed by atoms with Crippen LogP contribution < -0.4 is 4.74 Å². The number of hydrogen-bond donors (Lipinski definition) is 2. The lowest BCUT2D eigenvalue weighted by Crippen LogP contribution is -2.40. The maximum atomic E-state index is 11.0. The molecule has 194 valence electrons. The second-order valence-corrected chi connectivity index (χ2v) is 9.71. The quantitative estimate of drug-likeness (QED) is 0.246. The number of hydrogen-bond acceptors (Lipinski definition) is 5. The van der Waals surface area contributed by atoms with E-state index in [1.165, 1.54) is 0 Å². The van der Waals surface area contributed by atoms with Gasteiger partial charge in [-0.2, -0.15) is 0 Å². The van der Waals surface area contributed by atoms with Crippen molar-refractivity contribution in [1.29, 1.82) is 0 Å². The molecule has 3 atom stereocenters. The maximum absolute atomic E-state index is 11.0. The van der Waals surface area contributed by atoms with Gasteiger partial charge < -0.3 is 19.7 Å². The first kappa shape index (κ1) is 28.5. The van der Waals surface area contributed by atoms with Crippen LogP contribution in [0.3, 0.4) is 0 Å². The van der Waals surface area contributed by atoms with E-state index in [0.29, 0.717) is 43.0 Å². The largest absolute Gasteiger partial charge is 0.491 e. The number of aliphatic hydroxyl groups is 2. The van der Waals surface area contributed by atoms with Gasteiger partial charge >= 0.3 is 0 Å². The van der Waals surface area contributed by atoms with Gasteiger partial charge in [-0.05, 0) is 73.4 Å². The second-order valence-electron chi connectivity index (χ2n) is 8.84.